The number of amides is 1. The molecule has 0 aliphatic heterocycles. The smallest absolute Gasteiger partial charge is 0.244 e. The summed E-state index contributed by atoms with van der Waals surface area (Å²) in [6.45, 7) is 1.99. The summed E-state index contributed by atoms with van der Waals surface area (Å²) in [5.74, 6) is -0.0697. The van der Waals surface area contributed by atoms with Gasteiger partial charge in [0.1, 0.15) is 0 Å². The van der Waals surface area contributed by atoms with Gasteiger partial charge in [0.2, 0.25) is 5.91 Å². The monoisotopic (exact) mass is 257 g/mol. The van der Waals surface area contributed by atoms with Crippen LogP contribution in [0.15, 0.2) is 53.9 Å². The van der Waals surface area contributed by atoms with Crippen molar-refractivity contribution < 1.29 is 4.79 Å². The standard InChI is InChI=1S/C15H15NOS/c1-12(14-8-5-11-18-14)16-15(17)10-9-13-6-3-2-4-7-13/h2-12H,1H3,(H,16,17)/b10-9+/t12-/m0/s1. The molecule has 2 aromatic rings. The van der Waals surface area contributed by atoms with Crippen LogP contribution in [0.5, 0.6) is 0 Å². The first-order chi connectivity index (χ1) is 8.75. The van der Waals surface area contributed by atoms with Crippen LogP contribution >= 0.6 is 11.3 Å². The van der Waals surface area contributed by atoms with E-state index in [1.54, 1.807) is 17.4 Å². The van der Waals surface area contributed by atoms with Crippen LogP contribution in [-0.2, 0) is 4.79 Å². The highest BCUT2D eigenvalue weighted by Gasteiger charge is 2.07. The van der Waals surface area contributed by atoms with Crippen molar-refractivity contribution in [3.63, 3.8) is 0 Å². The van der Waals surface area contributed by atoms with Crippen LogP contribution < -0.4 is 5.32 Å². The molecule has 0 fully saturated rings. The van der Waals surface area contributed by atoms with Crippen LogP contribution in [0.1, 0.15) is 23.4 Å². The fraction of sp³-hybridized carbons (Fsp3) is 0.133. The fourth-order valence-corrected chi connectivity index (χ4v) is 2.34. The minimum absolute atomic E-state index is 0.0536. The third kappa shape index (κ3) is 3.57. The Bertz CT molecular complexity index is 517. The predicted octanol–water partition coefficient (Wildman–Crippen LogP) is 3.64. The minimum Gasteiger partial charge on any atom is -0.345 e. The molecule has 0 saturated carbocycles. The minimum atomic E-state index is -0.0697. The maximum absolute atomic E-state index is 11.7. The van der Waals surface area contributed by atoms with Crippen molar-refractivity contribution in [3.8, 4) is 0 Å². The summed E-state index contributed by atoms with van der Waals surface area (Å²) in [6.07, 6.45) is 3.38. The first kappa shape index (κ1) is 12.6. The SMILES string of the molecule is C[C@H](NC(=O)/C=C/c1ccccc1)c1cccs1. The molecule has 0 radical (unpaired) electrons. The largest absolute Gasteiger partial charge is 0.345 e. The Balaban J connectivity index is 1.91. The van der Waals surface area contributed by atoms with Crippen LogP contribution in [0.4, 0.5) is 0 Å². The summed E-state index contributed by atoms with van der Waals surface area (Å²) in [4.78, 5) is 12.9. The number of benzene rings is 1. The molecule has 1 atom stereocenters. The molecule has 3 heteroatoms. The zero-order chi connectivity index (χ0) is 12.8. The summed E-state index contributed by atoms with van der Waals surface area (Å²) >= 11 is 1.65. The lowest BCUT2D eigenvalue weighted by Gasteiger charge is -2.09. The number of carbonyl (C=O) groups excluding carboxylic acids is 1. The van der Waals surface area contributed by atoms with E-state index in [1.807, 2.05) is 60.8 Å². The Morgan fingerprint density at radius 2 is 2.00 bits per heavy atom. The van der Waals surface area contributed by atoms with E-state index in [0.29, 0.717) is 0 Å². The third-order valence-corrected chi connectivity index (χ3v) is 3.61. The van der Waals surface area contributed by atoms with Crippen molar-refractivity contribution >= 4 is 23.3 Å². The van der Waals surface area contributed by atoms with Crippen LogP contribution in [-0.4, -0.2) is 5.91 Å². The molecule has 0 aliphatic rings. The molecule has 0 spiro atoms. The highest BCUT2D eigenvalue weighted by Crippen LogP contribution is 2.17. The lowest BCUT2D eigenvalue weighted by atomic mass is 10.2. The maximum atomic E-state index is 11.7. The number of nitrogens with one attached hydrogen (secondary N) is 1. The molecule has 0 saturated heterocycles. The molecule has 0 bridgehead atoms. The fourth-order valence-electron chi connectivity index (χ4n) is 1.61. The van der Waals surface area contributed by atoms with Crippen LogP contribution in [0.3, 0.4) is 0 Å². The second-order valence-electron chi connectivity index (χ2n) is 3.99. The van der Waals surface area contributed by atoms with E-state index in [4.69, 9.17) is 0 Å². The number of rotatable bonds is 4. The normalized spacial score (nSPS) is 12.5. The van der Waals surface area contributed by atoms with Crippen molar-refractivity contribution in [1.82, 2.24) is 5.32 Å². The van der Waals surface area contributed by atoms with E-state index in [0.717, 1.165) is 10.4 Å². The van der Waals surface area contributed by atoms with Gasteiger partial charge in [0.15, 0.2) is 0 Å². The molecular formula is C15H15NOS. The zero-order valence-electron chi connectivity index (χ0n) is 10.2. The Morgan fingerprint density at radius 3 is 2.67 bits per heavy atom. The van der Waals surface area contributed by atoms with Gasteiger partial charge in [-0.25, -0.2) is 0 Å². The topological polar surface area (TPSA) is 29.1 Å². The van der Waals surface area contributed by atoms with Gasteiger partial charge in [0.05, 0.1) is 6.04 Å². The van der Waals surface area contributed by atoms with Crippen molar-refractivity contribution in [2.75, 3.05) is 0 Å². The Hall–Kier alpha value is -1.87. The van der Waals surface area contributed by atoms with E-state index < -0.39 is 0 Å². The predicted molar refractivity (Wildman–Crippen MR) is 76.4 cm³/mol. The Labute approximate surface area is 111 Å². The third-order valence-electron chi connectivity index (χ3n) is 2.56. The lowest BCUT2D eigenvalue weighted by molar-refractivity contribution is -0.117. The van der Waals surface area contributed by atoms with Crippen LogP contribution in [0, 0.1) is 0 Å². The highest BCUT2D eigenvalue weighted by atomic mass is 32.1. The van der Waals surface area contributed by atoms with Gasteiger partial charge in [-0.15, -0.1) is 11.3 Å². The summed E-state index contributed by atoms with van der Waals surface area (Å²) in [7, 11) is 0. The van der Waals surface area contributed by atoms with Crippen molar-refractivity contribution in [1.29, 1.82) is 0 Å². The van der Waals surface area contributed by atoms with Gasteiger partial charge in [-0.05, 0) is 30.0 Å². The molecule has 92 valence electrons. The molecule has 1 heterocycles. The summed E-state index contributed by atoms with van der Waals surface area (Å²) in [6, 6.07) is 13.9. The van der Waals surface area contributed by atoms with Gasteiger partial charge in [-0.1, -0.05) is 36.4 Å². The van der Waals surface area contributed by atoms with Crippen molar-refractivity contribution in [3.05, 3.63) is 64.4 Å². The average molecular weight is 257 g/mol. The van der Waals surface area contributed by atoms with Crippen LogP contribution in [0.25, 0.3) is 6.08 Å². The van der Waals surface area contributed by atoms with Gasteiger partial charge in [0, 0.05) is 11.0 Å². The van der Waals surface area contributed by atoms with E-state index in [1.165, 1.54) is 0 Å². The van der Waals surface area contributed by atoms with Gasteiger partial charge < -0.3 is 5.32 Å². The molecule has 1 aromatic carbocycles. The average Bonchev–Trinajstić information content (AvgIpc) is 2.91. The lowest BCUT2D eigenvalue weighted by Crippen LogP contribution is -2.23. The second-order valence-corrected chi connectivity index (χ2v) is 4.97. The summed E-state index contributed by atoms with van der Waals surface area (Å²) in [5.41, 5.74) is 1.02. The van der Waals surface area contributed by atoms with E-state index in [-0.39, 0.29) is 11.9 Å². The van der Waals surface area contributed by atoms with Gasteiger partial charge in [-0.3, -0.25) is 4.79 Å². The molecule has 1 N–H and O–H groups in total. The highest BCUT2D eigenvalue weighted by molar-refractivity contribution is 7.10. The number of thiophene rings is 1. The quantitative estimate of drug-likeness (QED) is 0.832. The zero-order valence-corrected chi connectivity index (χ0v) is 11.0. The second kappa shape index (κ2) is 6.17. The number of hydrogen-bond acceptors (Lipinski definition) is 2. The maximum Gasteiger partial charge on any atom is 0.244 e. The van der Waals surface area contributed by atoms with E-state index in [2.05, 4.69) is 5.32 Å². The van der Waals surface area contributed by atoms with E-state index >= 15 is 0 Å². The molecule has 2 rings (SSSR count). The van der Waals surface area contributed by atoms with Gasteiger partial charge in [-0.2, -0.15) is 0 Å². The van der Waals surface area contributed by atoms with Gasteiger partial charge in [0.25, 0.3) is 0 Å². The first-order valence-electron chi connectivity index (χ1n) is 5.83. The Morgan fingerprint density at radius 1 is 1.22 bits per heavy atom. The summed E-state index contributed by atoms with van der Waals surface area (Å²) < 4.78 is 0. The molecule has 2 nitrogen and oxygen atoms in total. The number of carbonyl (C=O) groups is 1. The first-order valence-corrected chi connectivity index (χ1v) is 6.71. The molecule has 0 unspecified atom stereocenters. The van der Waals surface area contributed by atoms with Crippen molar-refractivity contribution in [2.24, 2.45) is 0 Å². The summed E-state index contributed by atoms with van der Waals surface area (Å²) in [5, 5.41) is 4.95. The molecule has 1 amide bonds. The van der Waals surface area contributed by atoms with Crippen LogP contribution in [0.2, 0.25) is 0 Å². The molecule has 0 aliphatic carbocycles. The molecule has 18 heavy (non-hydrogen) atoms. The molecular weight excluding hydrogens is 242 g/mol. The van der Waals surface area contributed by atoms with Gasteiger partial charge >= 0.3 is 0 Å². The van der Waals surface area contributed by atoms with E-state index in [9.17, 15) is 4.79 Å². The Kier molecular flexibility index (Phi) is 4.31. The number of hydrogen-bond donors (Lipinski definition) is 1. The molecule has 1 aromatic heterocycles. The van der Waals surface area contributed by atoms with Crippen molar-refractivity contribution in [2.45, 2.75) is 13.0 Å².